The lowest BCUT2D eigenvalue weighted by atomic mass is 10.0. The molecule has 1 N–H and O–H groups in total. The minimum atomic E-state index is -0.452. The van der Waals surface area contributed by atoms with E-state index < -0.39 is 17.6 Å². The van der Waals surface area contributed by atoms with Crippen LogP contribution in [0.15, 0.2) is 48.2 Å². The van der Waals surface area contributed by atoms with Gasteiger partial charge in [0.15, 0.2) is 0 Å². The third-order valence-corrected chi connectivity index (χ3v) is 4.28. The molecule has 0 aromatic heterocycles. The first-order valence-electron chi connectivity index (χ1n) is 8.35. The van der Waals surface area contributed by atoms with Gasteiger partial charge in [-0.15, -0.1) is 0 Å². The summed E-state index contributed by atoms with van der Waals surface area (Å²) in [6.45, 7) is 1.94. The van der Waals surface area contributed by atoms with Gasteiger partial charge in [-0.2, -0.15) is 0 Å². The summed E-state index contributed by atoms with van der Waals surface area (Å²) in [5.74, 6) is -0.263. The monoisotopic (exact) mass is 370 g/mol. The maximum atomic E-state index is 13.3. The summed E-state index contributed by atoms with van der Waals surface area (Å²) < 4.78 is 23.8. The third-order valence-electron chi connectivity index (χ3n) is 4.28. The summed E-state index contributed by atoms with van der Waals surface area (Å²) in [5.41, 5.74) is 1.23. The van der Waals surface area contributed by atoms with Gasteiger partial charge in [-0.05, 0) is 36.8 Å². The van der Waals surface area contributed by atoms with E-state index in [9.17, 15) is 14.0 Å². The van der Waals surface area contributed by atoms with Crippen molar-refractivity contribution in [2.45, 2.75) is 6.92 Å². The molecule has 0 saturated heterocycles. The highest BCUT2D eigenvalue weighted by molar-refractivity contribution is 6.36. The van der Waals surface area contributed by atoms with Gasteiger partial charge in [0.2, 0.25) is 0 Å². The standard InChI is InChI=1S/C20H19FN2O4/c1-4-23-19(24)17(12-5-7-13(21)8-6-12)18(20(23)25)22-15-11-14(26-2)9-10-16(15)27-3/h5-11,22H,4H2,1-3H3. The molecule has 0 radical (unpaired) electrons. The molecule has 1 aliphatic heterocycles. The number of anilines is 1. The molecule has 140 valence electrons. The maximum absolute atomic E-state index is 13.3. The molecular weight excluding hydrogens is 351 g/mol. The Bertz CT molecular complexity index is 922. The first kappa shape index (κ1) is 18.4. The van der Waals surface area contributed by atoms with Gasteiger partial charge in [0.25, 0.3) is 11.8 Å². The zero-order valence-electron chi connectivity index (χ0n) is 15.2. The van der Waals surface area contributed by atoms with Crippen LogP contribution in [0.4, 0.5) is 10.1 Å². The van der Waals surface area contributed by atoms with E-state index in [0.717, 1.165) is 4.90 Å². The number of rotatable bonds is 6. The Morgan fingerprint density at radius 2 is 1.70 bits per heavy atom. The first-order chi connectivity index (χ1) is 13.0. The number of halogens is 1. The number of imide groups is 1. The van der Waals surface area contributed by atoms with E-state index in [1.165, 1.54) is 38.5 Å². The molecule has 2 aromatic carbocycles. The summed E-state index contributed by atoms with van der Waals surface area (Å²) in [6.07, 6.45) is 0. The molecule has 7 heteroatoms. The van der Waals surface area contributed by atoms with E-state index >= 15 is 0 Å². The lowest BCUT2D eigenvalue weighted by Gasteiger charge is -2.14. The Hall–Kier alpha value is -3.35. The SMILES string of the molecule is CCN1C(=O)C(Nc2cc(OC)ccc2OC)=C(c2ccc(F)cc2)C1=O. The van der Waals surface area contributed by atoms with E-state index in [2.05, 4.69) is 5.32 Å². The predicted molar refractivity (Wildman–Crippen MR) is 98.9 cm³/mol. The van der Waals surface area contributed by atoms with E-state index in [1.807, 2.05) is 0 Å². The predicted octanol–water partition coefficient (Wildman–Crippen LogP) is 3.05. The Morgan fingerprint density at radius 1 is 1.00 bits per heavy atom. The normalized spacial score (nSPS) is 14.0. The molecule has 0 saturated carbocycles. The fraction of sp³-hybridized carbons (Fsp3) is 0.200. The topological polar surface area (TPSA) is 67.9 Å². The molecule has 0 bridgehead atoms. The molecule has 0 spiro atoms. The molecule has 2 aromatic rings. The van der Waals surface area contributed by atoms with E-state index in [1.54, 1.807) is 25.1 Å². The Kier molecular flexibility index (Phi) is 5.12. The van der Waals surface area contributed by atoms with Crippen molar-refractivity contribution in [2.24, 2.45) is 0 Å². The number of hydrogen-bond acceptors (Lipinski definition) is 5. The zero-order valence-corrected chi connectivity index (χ0v) is 15.2. The van der Waals surface area contributed by atoms with Gasteiger partial charge in [-0.25, -0.2) is 4.39 Å². The van der Waals surface area contributed by atoms with Crippen molar-refractivity contribution in [3.8, 4) is 11.5 Å². The molecule has 3 rings (SSSR count). The Balaban J connectivity index is 2.12. The van der Waals surface area contributed by atoms with Crippen LogP contribution in [0.25, 0.3) is 5.57 Å². The summed E-state index contributed by atoms with van der Waals surface area (Å²) in [7, 11) is 3.03. The smallest absolute Gasteiger partial charge is 0.278 e. The van der Waals surface area contributed by atoms with Crippen molar-refractivity contribution in [1.29, 1.82) is 0 Å². The van der Waals surface area contributed by atoms with Crippen LogP contribution in [-0.2, 0) is 9.59 Å². The number of nitrogens with zero attached hydrogens (tertiary/aromatic N) is 1. The van der Waals surface area contributed by atoms with Crippen molar-refractivity contribution >= 4 is 23.1 Å². The average Bonchev–Trinajstić information content (AvgIpc) is 2.91. The van der Waals surface area contributed by atoms with Gasteiger partial charge >= 0.3 is 0 Å². The van der Waals surface area contributed by atoms with Crippen molar-refractivity contribution in [3.63, 3.8) is 0 Å². The molecule has 27 heavy (non-hydrogen) atoms. The molecule has 0 fully saturated rings. The molecule has 0 unspecified atom stereocenters. The number of amides is 2. The number of carbonyl (C=O) groups is 2. The second-order valence-corrected chi connectivity index (χ2v) is 5.80. The Labute approximate surface area is 156 Å². The molecule has 2 amide bonds. The molecule has 6 nitrogen and oxygen atoms in total. The summed E-state index contributed by atoms with van der Waals surface area (Å²) in [4.78, 5) is 26.7. The van der Waals surface area contributed by atoms with Crippen molar-refractivity contribution < 1.29 is 23.5 Å². The zero-order chi connectivity index (χ0) is 19.6. The highest BCUT2D eigenvalue weighted by atomic mass is 19.1. The van der Waals surface area contributed by atoms with Gasteiger partial charge in [-0.3, -0.25) is 14.5 Å². The summed E-state index contributed by atoms with van der Waals surface area (Å²) >= 11 is 0. The van der Waals surface area contributed by atoms with Crippen LogP contribution in [0.5, 0.6) is 11.5 Å². The maximum Gasteiger partial charge on any atom is 0.278 e. The van der Waals surface area contributed by atoms with Crippen LogP contribution in [0.2, 0.25) is 0 Å². The van der Waals surface area contributed by atoms with Gasteiger partial charge < -0.3 is 14.8 Å². The minimum Gasteiger partial charge on any atom is -0.497 e. The molecule has 1 heterocycles. The van der Waals surface area contributed by atoms with Gasteiger partial charge in [0, 0.05) is 12.6 Å². The molecule has 0 atom stereocenters. The number of carbonyl (C=O) groups excluding carboxylic acids is 2. The molecule has 1 aliphatic rings. The average molecular weight is 370 g/mol. The highest BCUT2D eigenvalue weighted by Gasteiger charge is 2.38. The number of ether oxygens (including phenoxy) is 2. The van der Waals surface area contributed by atoms with Gasteiger partial charge in [-0.1, -0.05) is 12.1 Å². The van der Waals surface area contributed by atoms with Crippen LogP contribution in [-0.4, -0.2) is 37.5 Å². The van der Waals surface area contributed by atoms with Crippen molar-refractivity contribution in [2.75, 3.05) is 26.1 Å². The number of hydrogen-bond donors (Lipinski definition) is 1. The fourth-order valence-electron chi connectivity index (χ4n) is 2.91. The van der Waals surface area contributed by atoms with Gasteiger partial charge in [0.05, 0.1) is 25.5 Å². The third kappa shape index (κ3) is 3.36. The van der Waals surface area contributed by atoms with Crippen LogP contribution >= 0.6 is 0 Å². The van der Waals surface area contributed by atoms with Gasteiger partial charge in [0.1, 0.15) is 23.0 Å². The highest BCUT2D eigenvalue weighted by Crippen LogP contribution is 2.35. The minimum absolute atomic E-state index is 0.111. The number of nitrogens with one attached hydrogen (secondary N) is 1. The Morgan fingerprint density at radius 3 is 2.30 bits per heavy atom. The quantitative estimate of drug-likeness (QED) is 0.792. The van der Waals surface area contributed by atoms with Crippen molar-refractivity contribution in [3.05, 3.63) is 59.5 Å². The first-order valence-corrected chi connectivity index (χ1v) is 8.35. The number of benzene rings is 2. The summed E-state index contributed by atoms with van der Waals surface area (Å²) in [5, 5.41) is 3.01. The molecule has 0 aliphatic carbocycles. The van der Waals surface area contributed by atoms with E-state index in [4.69, 9.17) is 9.47 Å². The fourth-order valence-corrected chi connectivity index (χ4v) is 2.91. The lowest BCUT2D eigenvalue weighted by Crippen LogP contribution is -2.32. The second-order valence-electron chi connectivity index (χ2n) is 5.80. The second kappa shape index (κ2) is 7.49. The molecular formula is C20H19FN2O4. The number of likely N-dealkylation sites (N-methyl/N-ethyl adjacent to an activating group) is 1. The summed E-state index contributed by atoms with van der Waals surface area (Å²) in [6, 6.07) is 10.5. The van der Waals surface area contributed by atoms with Crippen molar-refractivity contribution in [1.82, 2.24) is 4.90 Å². The van der Waals surface area contributed by atoms with E-state index in [0.29, 0.717) is 22.7 Å². The van der Waals surface area contributed by atoms with Crippen LogP contribution in [0, 0.1) is 5.82 Å². The van der Waals surface area contributed by atoms with E-state index in [-0.39, 0.29) is 17.8 Å². The van der Waals surface area contributed by atoms with Crippen LogP contribution in [0.3, 0.4) is 0 Å². The van der Waals surface area contributed by atoms with Crippen LogP contribution in [0.1, 0.15) is 12.5 Å². The van der Waals surface area contributed by atoms with Crippen LogP contribution < -0.4 is 14.8 Å². The lowest BCUT2D eigenvalue weighted by molar-refractivity contribution is -0.136. The largest absolute Gasteiger partial charge is 0.497 e. The number of methoxy groups -OCH3 is 2.